The van der Waals surface area contributed by atoms with Gasteiger partial charge in [0.25, 0.3) is 0 Å². The van der Waals surface area contributed by atoms with Gasteiger partial charge < -0.3 is 14.6 Å². The lowest BCUT2D eigenvalue weighted by molar-refractivity contribution is -0.160. The summed E-state index contributed by atoms with van der Waals surface area (Å²) in [5, 5.41) is 9.58. The van der Waals surface area contributed by atoms with Gasteiger partial charge in [0.1, 0.15) is 6.61 Å². The third-order valence-corrected chi connectivity index (χ3v) is 11.4. The summed E-state index contributed by atoms with van der Waals surface area (Å²) in [7, 11) is 0. The predicted molar refractivity (Wildman–Crippen MR) is 260 cm³/mol. The fourth-order valence-corrected chi connectivity index (χ4v) is 7.52. The first-order valence-corrected chi connectivity index (χ1v) is 25.8. The van der Waals surface area contributed by atoms with E-state index in [1.165, 1.54) is 180 Å². The largest absolute Gasteiger partial charge is 0.462 e. The van der Waals surface area contributed by atoms with Gasteiger partial charge in [0, 0.05) is 6.42 Å². The number of hydrogen-bond acceptors (Lipinski definition) is 5. The molecular weight excluding hydrogens is 741 g/mol. The Morgan fingerprint density at radius 2 is 0.700 bits per heavy atom. The van der Waals surface area contributed by atoms with Crippen LogP contribution < -0.4 is 0 Å². The zero-order chi connectivity index (χ0) is 43.5. The van der Waals surface area contributed by atoms with Crippen molar-refractivity contribution in [1.29, 1.82) is 0 Å². The van der Waals surface area contributed by atoms with Crippen molar-refractivity contribution < 1.29 is 24.2 Å². The molecule has 5 nitrogen and oxygen atoms in total. The van der Waals surface area contributed by atoms with E-state index in [9.17, 15) is 14.7 Å². The SMILES string of the molecule is CC/C=C\C/C=C\C/C=C\C/C=C\C/C=C\CC(=O)OC(CO)COC(=O)CCCCCCCCCCCCCCCCCCCCCCCCCCCCCCCCC. The molecule has 0 aromatic rings. The zero-order valence-corrected chi connectivity index (χ0v) is 39.7. The van der Waals surface area contributed by atoms with E-state index in [1.807, 2.05) is 6.08 Å². The first-order valence-electron chi connectivity index (χ1n) is 25.8. The van der Waals surface area contributed by atoms with Crippen LogP contribution in [0.1, 0.15) is 258 Å². The third-order valence-electron chi connectivity index (χ3n) is 11.4. The maximum atomic E-state index is 12.2. The summed E-state index contributed by atoms with van der Waals surface area (Å²) in [6.45, 7) is 3.96. The standard InChI is InChI=1S/C55H98O5/c1-3-5-7-9-11-13-15-17-19-20-21-22-23-24-25-26-27-28-29-30-31-32-33-34-36-37-39-41-43-45-47-49-54(57)59-52-53(51-56)60-55(58)50-48-46-44-42-40-38-35-18-16-14-12-10-8-6-4-2/h6,8,12,14,18,35,40,42,46,48,53,56H,3-5,7,9-11,13,15-17,19-34,36-39,41,43-45,47,49-52H2,1-2H3/b8-6-,14-12-,35-18-,42-40-,48-46-. The van der Waals surface area contributed by atoms with Gasteiger partial charge in [0.15, 0.2) is 6.10 Å². The normalized spacial score (nSPS) is 12.7. The molecule has 1 atom stereocenters. The number of allylic oxidation sites excluding steroid dienone is 9. The second kappa shape index (κ2) is 51.0. The highest BCUT2D eigenvalue weighted by Gasteiger charge is 2.15. The van der Waals surface area contributed by atoms with Crippen molar-refractivity contribution >= 4 is 11.9 Å². The Bertz CT molecular complexity index is 1040. The van der Waals surface area contributed by atoms with E-state index in [0.717, 1.165) is 51.4 Å². The molecule has 0 radical (unpaired) electrons. The van der Waals surface area contributed by atoms with Crippen LogP contribution in [0.25, 0.3) is 0 Å². The van der Waals surface area contributed by atoms with Gasteiger partial charge >= 0.3 is 11.9 Å². The highest BCUT2D eigenvalue weighted by molar-refractivity contribution is 5.71. The Kier molecular flexibility index (Phi) is 48.9. The Hall–Kier alpha value is -2.40. The Labute approximate surface area is 372 Å². The minimum absolute atomic E-state index is 0.105. The molecule has 0 aromatic heterocycles. The van der Waals surface area contributed by atoms with E-state index in [1.54, 1.807) is 6.08 Å². The number of rotatable bonds is 47. The minimum Gasteiger partial charge on any atom is -0.462 e. The van der Waals surface area contributed by atoms with Crippen LogP contribution in [0.15, 0.2) is 60.8 Å². The molecule has 0 aliphatic heterocycles. The van der Waals surface area contributed by atoms with E-state index >= 15 is 0 Å². The van der Waals surface area contributed by atoms with Crippen molar-refractivity contribution in [3.05, 3.63) is 60.8 Å². The number of esters is 2. The molecule has 0 heterocycles. The molecule has 0 spiro atoms. The number of unbranched alkanes of at least 4 members (excludes halogenated alkanes) is 30. The van der Waals surface area contributed by atoms with Gasteiger partial charge in [0.05, 0.1) is 13.0 Å². The van der Waals surface area contributed by atoms with E-state index in [2.05, 4.69) is 62.5 Å². The fraction of sp³-hybridized carbons (Fsp3) is 0.782. The number of aliphatic hydroxyl groups excluding tert-OH is 1. The molecule has 0 aliphatic carbocycles. The molecule has 1 N–H and O–H groups in total. The Morgan fingerprint density at radius 3 is 1.02 bits per heavy atom. The van der Waals surface area contributed by atoms with Crippen molar-refractivity contribution in [2.45, 2.75) is 264 Å². The minimum atomic E-state index is -0.826. The van der Waals surface area contributed by atoms with Crippen molar-refractivity contribution in [2.24, 2.45) is 0 Å². The van der Waals surface area contributed by atoms with Crippen LogP contribution in [0.4, 0.5) is 0 Å². The highest BCUT2D eigenvalue weighted by atomic mass is 16.6. The Morgan fingerprint density at radius 1 is 0.400 bits per heavy atom. The maximum Gasteiger partial charge on any atom is 0.310 e. The maximum absolute atomic E-state index is 12.2. The number of hydrogen-bond donors (Lipinski definition) is 1. The highest BCUT2D eigenvalue weighted by Crippen LogP contribution is 2.17. The van der Waals surface area contributed by atoms with E-state index < -0.39 is 12.1 Å². The van der Waals surface area contributed by atoms with Crippen molar-refractivity contribution in [3.8, 4) is 0 Å². The average molecular weight is 839 g/mol. The summed E-state index contributed by atoms with van der Waals surface area (Å²) in [4.78, 5) is 24.3. The number of carbonyl (C=O) groups excluding carboxylic acids is 2. The second-order valence-electron chi connectivity index (χ2n) is 17.2. The molecule has 0 aromatic carbocycles. The smallest absolute Gasteiger partial charge is 0.310 e. The van der Waals surface area contributed by atoms with Gasteiger partial charge in [-0.15, -0.1) is 0 Å². The predicted octanol–water partition coefficient (Wildman–Crippen LogP) is 17.1. The van der Waals surface area contributed by atoms with Gasteiger partial charge in [-0.2, -0.15) is 0 Å². The summed E-state index contributed by atoms with van der Waals surface area (Å²) in [5.74, 6) is -0.731. The first kappa shape index (κ1) is 57.6. The lowest BCUT2D eigenvalue weighted by Gasteiger charge is -2.15. The van der Waals surface area contributed by atoms with Crippen LogP contribution >= 0.6 is 0 Å². The summed E-state index contributed by atoms with van der Waals surface area (Å²) in [6, 6.07) is 0. The zero-order valence-electron chi connectivity index (χ0n) is 39.7. The van der Waals surface area contributed by atoms with Gasteiger partial charge in [-0.25, -0.2) is 0 Å². The number of ether oxygens (including phenoxy) is 2. The lowest BCUT2D eigenvalue weighted by atomic mass is 10.0. The third kappa shape index (κ3) is 48.3. The van der Waals surface area contributed by atoms with Gasteiger partial charge in [-0.05, 0) is 38.5 Å². The molecule has 5 heteroatoms. The van der Waals surface area contributed by atoms with Crippen LogP contribution in [-0.2, 0) is 19.1 Å². The van der Waals surface area contributed by atoms with Crippen molar-refractivity contribution in [1.82, 2.24) is 0 Å². The summed E-state index contributed by atoms with van der Waals surface area (Å²) in [5.41, 5.74) is 0. The Balaban J connectivity index is 3.47. The van der Waals surface area contributed by atoms with E-state index in [-0.39, 0.29) is 25.6 Å². The molecule has 0 amide bonds. The molecule has 0 rings (SSSR count). The molecule has 348 valence electrons. The summed E-state index contributed by atoms with van der Waals surface area (Å²) >= 11 is 0. The second-order valence-corrected chi connectivity index (χ2v) is 17.2. The van der Waals surface area contributed by atoms with Gasteiger partial charge in [0.2, 0.25) is 0 Å². The van der Waals surface area contributed by atoms with Crippen LogP contribution in [0.5, 0.6) is 0 Å². The molecule has 60 heavy (non-hydrogen) atoms. The molecule has 0 aliphatic rings. The van der Waals surface area contributed by atoms with Crippen molar-refractivity contribution in [2.75, 3.05) is 13.2 Å². The molecule has 1 unspecified atom stereocenters. The van der Waals surface area contributed by atoms with Crippen LogP contribution in [0, 0.1) is 0 Å². The molecule has 0 saturated carbocycles. The van der Waals surface area contributed by atoms with Crippen LogP contribution in [0.2, 0.25) is 0 Å². The van der Waals surface area contributed by atoms with Gasteiger partial charge in [-0.3, -0.25) is 9.59 Å². The quantitative estimate of drug-likeness (QED) is 0.0375. The summed E-state index contributed by atoms with van der Waals surface area (Å²) in [6.07, 6.45) is 68.0. The number of carbonyl (C=O) groups is 2. The van der Waals surface area contributed by atoms with Crippen molar-refractivity contribution in [3.63, 3.8) is 0 Å². The molecule has 0 bridgehead atoms. The van der Waals surface area contributed by atoms with E-state index in [0.29, 0.717) is 6.42 Å². The average Bonchev–Trinajstić information content (AvgIpc) is 3.25. The molecular formula is C55H98O5. The topological polar surface area (TPSA) is 72.8 Å². The first-order chi connectivity index (χ1) is 29.6. The monoisotopic (exact) mass is 839 g/mol. The van der Waals surface area contributed by atoms with E-state index in [4.69, 9.17) is 9.47 Å². The lowest BCUT2D eigenvalue weighted by Crippen LogP contribution is -2.28. The van der Waals surface area contributed by atoms with Crippen LogP contribution in [0.3, 0.4) is 0 Å². The molecule has 0 fully saturated rings. The van der Waals surface area contributed by atoms with Crippen LogP contribution in [-0.4, -0.2) is 36.4 Å². The fourth-order valence-electron chi connectivity index (χ4n) is 7.52. The van der Waals surface area contributed by atoms with Gasteiger partial charge in [-0.1, -0.05) is 267 Å². The summed E-state index contributed by atoms with van der Waals surface area (Å²) < 4.78 is 10.6. The number of aliphatic hydroxyl groups is 1. The molecule has 0 saturated heterocycles.